The first kappa shape index (κ1) is 17.7. The van der Waals surface area contributed by atoms with Crippen molar-refractivity contribution < 1.29 is 19.8 Å². The SMILES string of the molecule is CCC(=C(CC(=O)O)C(=O)O)C(C)(CC)CC(C)C. The summed E-state index contributed by atoms with van der Waals surface area (Å²) < 4.78 is 0. The Morgan fingerprint density at radius 3 is 1.95 bits per heavy atom. The van der Waals surface area contributed by atoms with Gasteiger partial charge in [-0.15, -0.1) is 0 Å². The molecule has 0 aromatic carbocycles. The lowest BCUT2D eigenvalue weighted by Gasteiger charge is -2.34. The van der Waals surface area contributed by atoms with E-state index in [1.54, 1.807) is 0 Å². The van der Waals surface area contributed by atoms with E-state index in [2.05, 4.69) is 13.8 Å². The molecule has 0 aromatic heterocycles. The van der Waals surface area contributed by atoms with Crippen molar-refractivity contribution in [2.24, 2.45) is 11.3 Å². The van der Waals surface area contributed by atoms with Crippen LogP contribution in [0.2, 0.25) is 0 Å². The third kappa shape index (κ3) is 5.05. The van der Waals surface area contributed by atoms with Gasteiger partial charge in [-0.3, -0.25) is 4.79 Å². The summed E-state index contributed by atoms with van der Waals surface area (Å²) in [6, 6.07) is 0. The predicted octanol–water partition coefficient (Wildman–Crippen LogP) is 3.71. The molecular weight excluding hydrogens is 244 g/mol. The summed E-state index contributed by atoms with van der Waals surface area (Å²) in [7, 11) is 0. The molecule has 0 saturated carbocycles. The zero-order valence-electron chi connectivity index (χ0n) is 12.6. The molecule has 4 nitrogen and oxygen atoms in total. The normalized spacial score (nSPS) is 15.9. The molecule has 0 rings (SSSR count). The van der Waals surface area contributed by atoms with Gasteiger partial charge in [0.1, 0.15) is 0 Å². The Kier molecular flexibility index (Phi) is 6.81. The summed E-state index contributed by atoms with van der Waals surface area (Å²) in [4.78, 5) is 22.2. The number of carbonyl (C=O) groups is 2. The fourth-order valence-corrected chi connectivity index (χ4v) is 2.85. The summed E-state index contributed by atoms with van der Waals surface area (Å²) in [5, 5.41) is 18.2. The third-order valence-electron chi connectivity index (χ3n) is 3.67. The van der Waals surface area contributed by atoms with E-state index >= 15 is 0 Å². The van der Waals surface area contributed by atoms with Gasteiger partial charge in [0.25, 0.3) is 0 Å². The van der Waals surface area contributed by atoms with E-state index in [4.69, 9.17) is 5.11 Å². The van der Waals surface area contributed by atoms with Crippen molar-refractivity contribution in [3.63, 3.8) is 0 Å². The smallest absolute Gasteiger partial charge is 0.332 e. The van der Waals surface area contributed by atoms with E-state index in [1.165, 1.54) is 0 Å². The maximum Gasteiger partial charge on any atom is 0.332 e. The first-order chi connectivity index (χ1) is 8.67. The van der Waals surface area contributed by atoms with Crippen LogP contribution in [0.3, 0.4) is 0 Å². The lowest BCUT2D eigenvalue weighted by Crippen LogP contribution is -2.25. The van der Waals surface area contributed by atoms with Gasteiger partial charge in [0.05, 0.1) is 6.42 Å². The first-order valence-electron chi connectivity index (χ1n) is 6.85. The Bertz CT molecular complexity index is 368. The summed E-state index contributed by atoms with van der Waals surface area (Å²) in [5.41, 5.74) is 0.588. The van der Waals surface area contributed by atoms with Crippen LogP contribution in [0, 0.1) is 11.3 Å². The van der Waals surface area contributed by atoms with Crippen molar-refractivity contribution in [3.8, 4) is 0 Å². The number of allylic oxidation sites excluding steroid dienone is 1. The minimum atomic E-state index is -1.11. The zero-order valence-corrected chi connectivity index (χ0v) is 12.6. The first-order valence-corrected chi connectivity index (χ1v) is 6.85. The molecule has 110 valence electrons. The van der Waals surface area contributed by atoms with Crippen molar-refractivity contribution in [2.45, 2.75) is 60.3 Å². The van der Waals surface area contributed by atoms with Crippen LogP contribution in [0.15, 0.2) is 11.1 Å². The Labute approximate surface area is 115 Å². The molecule has 0 saturated heterocycles. The van der Waals surface area contributed by atoms with E-state index in [0.717, 1.165) is 18.4 Å². The number of hydrogen-bond donors (Lipinski definition) is 2. The number of aliphatic carboxylic acids is 2. The van der Waals surface area contributed by atoms with E-state index < -0.39 is 18.4 Å². The fraction of sp³-hybridized carbons (Fsp3) is 0.733. The second-order valence-corrected chi connectivity index (χ2v) is 5.70. The molecule has 19 heavy (non-hydrogen) atoms. The monoisotopic (exact) mass is 270 g/mol. The highest BCUT2D eigenvalue weighted by molar-refractivity contribution is 5.93. The average Bonchev–Trinajstić information content (AvgIpc) is 2.26. The minimum absolute atomic E-state index is 0.0556. The van der Waals surface area contributed by atoms with Crippen LogP contribution in [0.1, 0.15) is 60.3 Å². The van der Waals surface area contributed by atoms with Crippen LogP contribution in [-0.4, -0.2) is 22.2 Å². The third-order valence-corrected chi connectivity index (χ3v) is 3.67. The van der Waals surface area contributed by atoms with E-state index in [9.17, 15) is 14.7 Å². The second kappa shape index (κ2) is 7.31. The lowest BCUT2D eigenvalue weighted by atomic mass is 9.70. The van der Waals surface area contributed by atoms with Crippen LogP contribution >= 0.6 is 0 Å². The molecule has 0 aliphatic carbocycles. The molecule has 0 radical (unpaired) electrons. The molecule has 0 amide bonds. The Morgan fingerprint density at radius 1 is 1.16 bits per heavy atom. The molecule has 0 aliphatic rings. The molecule has 1 atom stereocenters. The standard InChI is InChI=1S/C15H26O4/c1-6-12(11(14(18)19)8-13(16)17)15(5,7-2)9-10(3)4/h10H,6-9H2,1-5H3,(H,16,17)(H,18,19). The summed E-state index contributed by atoms with van der Waals surface area (Å²) in [6.45, 7) is 10.2. The molecule has 0 spiro atoms. The molecule has 0 bridgehead atoms. The number of carboxylic acid groups (broad SMARTS) is 2. The summed E-state index contributed by atoms with van der Waals surface area (Å²) >= 11 is 0. The van der Waals surface area contributed by atoms with Crippen molar-refractivity contribution in [1.29, 1.82) is 0 Å². The quantitative estimate of drug-likeness (QED) is 0.659. The largest absolute Gasteiger partial charge is 0.481 e. The number of carboxylic acids is 2. The fourth-order valence-electron chi connectivity index (χ4n) is 2.85. The van der Waals surface area contributed by atoms with Gasteiger partial charge >= 0.3 is 11.9 Å². The number of hydrogen-bond acceptors (Lipinski definition) is 2. The van der Waals surface area contributed by atoms with Gasteiger partial charge in [0.15, 0.2) is 0 Å². The van der Waals surface area contributed by atoms with Gasteiger partial charge in [0.2, 0.25) is 0 Å². The maximum atomic E-state index is 11.4. The van der Waals surface area contributed by atoms with Crippen LogP contribution in [-0.2, 0) is 9.59 Å². The Hall–Kier alpha value is -1.32. The maximum absolute atomic E-state index is 11.4. The number of rotatable bonds is 8. The molecule has 0 aliphatic heterocycles. The average molecular weight is 270 g/mol. The highest BCUT2D eigenvalue weighted by atomic mass is 16.4. The van der Waals surface area contributed by atoms with Crippen LogP contribution in [0.5, 0.6) is 0 Å². The predicted molar refractivity (Wildman–Crippen MR) is 75.1 cm³/mol. The zero-order chi connectivity index (χ0) is 15.2. The highest BCUT2D eigenvalue weighted by Crippen LogP contribution is 2.41. The minimum Gasteiger partial charge on any atom is -0.481 e. The lowest BCUT2D eigenvalue weighted by molar-refractivity contribution is -0.139. The van der Waals surface area contributed by atoms with E-state index in [-0.39, 0.29) is 11.0 Å². The van der Waals surface area contributed by atoms with Crippen molar-refractivity contribution in [3.05, 3.63) is 11.1 Å². The molecule has 0 aromatic rings. The Morgan fingerprint density at radius 2 is 1.68 bits per heavy atom. The van der Waals surface area contributed by atoms with Gasteiger partial charge in [0, 0.05) is 5.57 Å². The topological polar surface area (TPSA) is 74.6 Å². The van der Waals surface area contributed by atoms with Gasteiger partial charge in [-0.2, -0.15) is 0 Å². The molecular formula is C15H26O4. The van der Waals surface area contributed by atoms with Crippen LogP contribution in [0.25, 0.3) is 0 Å². The molecule has 4 heteroatoms. The van der Waals surface area contributed by atoms with E-state index in [1.807, 2.05) is 20.8 Å². The molecule has 2 N–H and O–H groups in total. The molecule has 1 unspecified atom stereocenters. The highest BCUT2D eigenvalue weighted by Gasteiger charge is 2.32. The van der Waals surface area contributed by atoms with Crippen LogP contribution < -0.4 is 0 Å². The van der Waals surface area contributed by atoms with Crippen molar-refractivity contribution >= 4 is 11.9 Å². The summed E-state index contributed by atoms with van der Waals surface area (Å²) in [5.74, 6) is -1.76. The van der Waals surface area contributed by atoms with E-state index in [0.29, 0.717) is 12.3 Å². The molecule has 0 heterocycles. The van der Waals surface area contributed by atoms with Gasteiger partial charge in [-0.25, -0.2) is 4.79 Å². The summed E-state index contributed by atoms with van der Waals surface area (Å²) in [6.07, 6.45) is 1.84. The van der Waals surface area contributed by atoms with Gasteiger partial charge < -0.3 is 10.2 Å². The van der Waals surface area contributed by atoms with Gasteiger partial charge in [-0.05, 0) is 30.6 Å². The molecule has 0 fully saturated rings. The second-order valence-electron chi connectivity index (χ2n) is 5.70. The van der Waals surface area contributed by atoms with Crippen molar-refractivity contribution in [2.75, 3.05) is 0 Å². The Balaban J connectivity index is 5.75. The van der Waals surface area contributed by atoms with Crippen molar-refractivity contribution in [1.82, 2.24) is 0 Å². The van der Waals surface area contributed by atoms with Gasteiger partial charge in [-0.1, -0.05) is 40.2 Å². The van der Waals surface area contributed by atoms with Crippen LogP contribution in [0.4, 0.5) is 0 Å².